The van der Waals surface area contributed by atoms with Gasteiger partial charge >= 0.3 is 5.97 Å². The summed E-state index contributed by atoms with van der Waals surface area (Å²) >= 11 is 5.93. The van der Waals surface area contributed by atoms with Gasteiger partial charge in [-0.25, -0.2) is 9.80 Å². The molecule has 0 aliphatic carbocycles. The Labute approximate surface area is 149 Å². The first kappa shape index (κ1) is 15.8. The van der Waals surface area contributed by atoms with E-state index in [0.717, 1.165) is 16.8 Å². The Morgan fingerprint density at radius 3 is 2.60 bits per heavy atom. The fourth-order valence-electron chi connectivity index (χ4n) is 2.81. The Morgan fingerprint density at radius 1 is 1.16 bits per heavy atom. The lowest BCUT2D eigenvalue weighted by Crippen LogP contribution is -2.29. The van der Waals surface area contributed by atoms with Crippen molar-refractivity contribution < 1.29 is 9.63 Å². The molecule has 1 unspecified atom stereocenters. The summed E-state index contributed by atoms with van der Waals surface area (Å²) in [5, 5.41) is 10.8. The summed E-state index contributed by atoms with van der Waals surface area (Å²) in [4.78, 5) is 17.2. The van der Waals surface area contributed by atoms with Crippen LogP contribution in [0, 0.1) is 6.92 Å². The summed E-state index contributed by atoms with van der Waals surface area (Å²) in [6.07, 6.45) is 0.524. The van der Waals surface area contributed by atoms with Gasteiger partial charge in [-0.05, 0) is 36.8 Å². The largest absolute Gasteiger partial charge is 0.378 e. The zero-order valence-corrected chi connectivity index (χ0v) is 14.2. The molecule has 1 N–H and O–H groups in total. The van der Waals surface area contributed by atoms with Crippen LogP contribution < -0.4 is 10.6 Å². The number of azo groups is 1. The van der Waals surface area contributed by atoms with E-state index >= 15 is 0 Å². The van der Waals surface area contributed by atoms with E-state index < -0.39 is 5.97 Å². The molecule has 2 aromatic carbocycles. The molecule has 4 rings (SSSR count). The van der Waals surface area contributed by atoms with Crippen LogP contribution in [0.3, 0.4) is 0 Å². The molecule has 2 aromatic rings. The molecule has 25 heavy (non-hydrogen) atoms. The number of anilines is 1. The maximum Gasteiger partial charge on any atom is 0.378 e. The second-order valence-corrected chi connectivity index (χ2v) is 6.37. The second-order valence-electron chi connectivity index (χ2n) is 5.93. The van der Waals surface area contributed by atoms with Crippen LogP contribution in [0.1, 0.15) is 23.6 Å². The molecule has 1 atom stereocenters. The fourth-order valence-corrected chi connectivity index (χ4v) is 2.94. The number of hydrazine groups is 1. The van der Waals surface area contributed by atoms with Gasteiger partial charge in [-0.3, -0.25) is 0 Å². The molecule has 2 aliphatic rings. The van der Waals surface area contributed by atoms with Gasteiger partial charge in [-0.15, -0.1) is 0 Å². The molecule has 0 spiro atoms. The lowest BCUT2D eigenvalue weighted by molar-refractivity contribution is -0.140. The first-order valence-electron chi connectivity index (χ1n) is 7.85. The van der Waals surface area contributed by atoms with E-state index in [4.69, 9.17) is 16.4 Å². The predicted octanol–water partition coefficient (Wildman–Crippen LogP) is 4.24. The van der Waals surface area contributed by atoms with Crippen LogP contribution in [0.4, 0.5) is 5.69 Å². The fraction of sp³-hybridized carbons (Fsp3) is 0.167. The van der Waals surface area contributed by atoms with E-state index in [0.29, 0.717) is 22.8 Å². The van der Waals surface area contributed by atoms with Gasteiger partial charge in [-0.2, -0.15) is 10.2 Å². The summed E-state index contributed by atoms with van der Waals surface area (Å²) in [6, 6.07) is 15.1. The molecule has 0 amide bonds. The Morgan fingerprint density at radius 2 is 1.88 bits per heavy atom. The highest BCUT2D eigenvalue weighted by Crippen LogP contribution is 2.37. The Hall–Kier alpha value is -2.70. The van der Waals surface area contributed by atoms with Crippen LogP contribution in [-0.4, -0.2) is 5.97 Å². The minimum absolute atomic E-state index is 0.131. The number of carbonyl (C=O) groups excluding carboxylic acids is 1. The molecular weight excluding hydrogens is 340 g/mol. The van der Waals surface area contributed by atoms with Gasteiger partial charge in [0.15, 0.2) is 5.70 Å². The van der Waals surface area contributed by atoms with Gasteiger partial charge in [0, 0.05) is 11.4 Å². The minimum Gasteiger partial charge on any atom is -0.345 e. The molecule has 0 saturated carbocycles. The third-order valence-electron chi connectivity index (χ3n) is 4.17. The summed E-state index contributed by atoms with van der Waals surface area (Å²) in [5.74, 6) is -0.466. The standard InChI is InChI=1S/C18H15ClN4O2/c1-11-2-8-14(9-3-11)23-17(18(24)25-22-23)16-10-15(20-21-16)12-4-6-13(19)7-5-12/h2-9,15,22H,10H2,1H3. The number of rotatable bonds is 2. The molecule has 0 radical (unpaired) electrons. The summed E-state index contributed by atoms with van der Waals surface area (Å²) in [7, 11) is 0. The van der Waals surface area contributed by atoms with Crippen molar-refractivity contribution in [3.05, 3.63) is 76.1 Å². The van der Waals surface area contributed by atoms with Crippen molar-refractivity contribution in [1.29, 1.82) is 0 Å². The van der Waals surface area contributed by atoms with Crippen molar-refractivity contribution in [2.24, 2.45) is 10.2 Å². The number of halogens is 1. The number of nitrogens with zero attached hydrogens (tertiary/aromatic N) is 3. The third-order valence-corrected chi connectivity index (χ3v) is 4.42. The van der Waals surface area contributed by atoms with Gasteiger partial charge < -0.3 is 4.84 Å². The molecule has 0 bridgehead atoms. The van der Waals surface area contributed by atoms with Crippen molar-refractivity contribution in [2.75, 3.05) is 5.01 Å². The lowest BCUT2D eigenvalue weighted by atomic mass is 10.0. The maximum atomic E-state index is 12.2. The highest BCUT2D eigenvalue weighted by atomic mass is 35.5. The monoisotopic (exact) mass is 354 g/mol. The number of carbonyl (C=O) groups is 1. The highest BCUT2D eigenvalue weighted by molar-refractivity contribution is 6.30. The van der Waals surface area contributed by atoms with E-state index in [-0.39, 0.29) is 6.04 Å². The molecule has 7 heteroatoms. The SMILES string of the molecule is Cc1ccc(N2NOC(=O)C2=C2CC(c3ccc(Cl)cc3)N=N2)cc1. The topological polar surface area (TPSA) is 66.3 Å². The number of hydrogen-bond acceptors (Lipinski definition) is 6. The van der Waals surface area contributed by atoms with Crippen LogP contribution in [-0.2, 0) is 9.63 Å². The zero-order chi connectivity index (χ0) is 17.4. The normalized spacial score (nSPS) is 22.6. The van der Waals surface area contributed by atoms with Gasteiger partial charge in [0.2, 0.25) is 0 Å². The molecule has 2 heterocycles. The van der Waals surface area contributed by atoms with Crippen molar-refractivity contribution in [3.63, 3.8) is 0 Å². The second kappa shape index (κ2) is 6.31. The van der Waals surface area contributed by atoms with E-state index in [9.17, 15) is 4.79 Å². The van der Waals surface area contributed by atoms with Gasteiger partial charge in [0.25, 0.3) is 0 Å². The average molecular weight is 355 g/mol. The number of aryl methyl sites for hydroxylation is 1. The average Bonchev–Trinajstić information content (AvgIpc) is 3.23. The smallest absolute Gasteiger partial charge is 0.345 e. The Balaban J connectivity index is 1.64. The zero-order valence-electron chi connectivity index (χ0n) is 13.4. The molecule has 1 saturated heterocycles. The van der Waals surface area contributed by atoms with Crippen LogP contribution in [0.15, 0.2) is 70.2 Å². The van der Waals surface area contributed by atoms with Crippen molar-refractivity contribution in [3.8, 4) is 0 Å². The summed E-state index contributed by atoms with van der Waals surface area (Å²) in [6.45, 7) is 2.00. The van der Waals surface area contributed by atoms with Gasteiger partial charge in [0.1, 0.15) is 6.04 Å². The van der Waals surface area contributed by atoms with Crippen LogP contribution in [0.25, 0.3) is 0 Å². The van der Waals surface area contributed by atoms with E-state index in [1.54, 1.807) is 5.01 Å². The van der Waals surface area contributed by atoms with Gasteiger partial charge in [0.05, 0.1) is 11.4 Å². The minimum atomic E-state index is -0.466. The molecular formula is C18H15ClN4O2. The molecule has 6 nitrogen and oxygen atoms in total. The van der Waals surface area contributed by atoms with Crippen LogP contribution in [0.2, 0.25) is 5.02 Å². The highest BCUT2D eigenvalue weighted by Gasteiger charge is 2.35. The summed E-state index contributed by atoms with van der Waals surface area (Å²) in [5.41, 5.74) is 6.53. The third kappa shape index (κ3) is 3.01. The molecule has 1 fully saturated rings. The first-order chi connectivity index (χ1) is 12.1. The Bertz CT molecular complexity index is 875. The maximum absolute atomic E-state index is 12.2. The van der Waals surface area contributed by atoms with E-state index in [2.05, 4.69) is 15.8 Å². The van der Waals surface area contributed by atoms with E-state index in [1.807, 2.05) is 55.5 Å². The van der Waals surface area contributed by atoms with Crippen LogP contribution >= 0.6 is 11.6 Å². The molecule has 2 aliphatic heterocycles. The van der Waals surface area contributed by atoms with Crippen molar-refractivity contribution in [1.82, 2.24) is 5.59 Å². The molecule has 126 valence electrons. The first-order valence-corrected chi connectivity index (χ1v) is 8.23. The quantitative estimate of drug-likeness (QED) is 0.819. The number of benzene rings is 2. The number of hydrogen-bond donors (Lipinski definition) is 1. The van der Waals surface area contributed by atoms with E-state index in [1.165, 1.54) is 0 Å². The van der Waals surface area contributed by atoms with Gasteiger partial charge in [-0.1, -0.05) is 47.0 Å². The molecule has 0 aromatic heterocycles. The predicted molar refractivity (Wildman–Crippen MR) is 93.6 cm³/mol. The van der Waals surface area contributed by atoms with Crippen LogP contribution in [0.5, 0.6) is 0 Å². The lowest BCUT2D eigenvalue weighted by Gasteiger charge is -2.16. The Kier molecular flexibility index (Phi) is 3.99. The summed E-state index contributed by atoms with van der Waals surface area (Å²) < 4.78 is 0. The number of nitrogens with one attached hydrogen (secondary N) is 1. The van der Waals surface area contributed by atoms with Crippen molar-refractivity contribution in [2.45, 2.75) is 19.4 Å². The van der Waals surface area contributed by atoms with Crippen molar-refractivity contribution >= 4 is 23.3 Å².